The minimum Gasteiger partial charge on any atom is -0.312 e. The van der Waals surface area contributed by atoms with E-state index in [1.807, 2.05) is 12.1 Å². The topological polar surface area (TPSA) is 46.9 Å². The fourth-order valence-corrected chi connectivity index (χ4v) is 1.41. The Kier molecular flexibility index (Phi) is 2.69. The molecule has 0 saturated heterocycles. The summed E-state index contributed by atoms with van der Waals surface area (Å²) in [5.41, 5.74) is 0.849. The summed E-state index contributed by atoms with van der Waals surface area (Å²) in [6.45, 7) is 0. The maximum atomic E-state index is 10.2. The van der Waals surface area contributed by atoms with Crippen LogP contribution < -0.4 is 5.32 Å². The molecule has 15 heavy (non-hydrogen) atoms. The Morgan fingerprint density at radius 1 is 1.40 bits per heavy atom. The molecule has 0 radical (unpaired) electrons. The lowest BCUT2D eigenvalue weighted by atomic mass is 10.3. The van der Waals surface area contributed by atoms with Gasteiger partial charge in [0.05, 0.1) is 5.69 Å². The van der Waals surface area contributed by atoms with Crippen LogP contribution in [-0.4, -0.2) is 16.2 Å². The van der Waals surface area contributed by atoms with Crippen molar-refractivity contribution in [2.45, 2.75) is 0 Å². The minimum atomic E-state index is 0.505. The van der Waals surface area contributed by atoms with E-state index in [0.717, 1.165) is 5.69 Å². The number of hydrogen-bond acceptors (Lipinski definition) is 2. The summed E-state index contributed by atoms with van der Waals surface area (Å²) in [7, 11) is 0. The minimum absolute atomic E-state index is 0.505. The van der Waals surface area contributed by atoms with Crippen molar-refractivity contribution in [1.82, 2.24) is 9.78 Å². The van der Waals surface area contributed by atoms with Gasteiger partial charge in [0.2, 0.25) is 6.41 Å². The Morgan fingerprint density at radius 3 is 3.00 bits per heavy atom. The zero-order valence-corrected chi connectivity index (χ0v) is 8.48. The van der Waals surface area contributed by atoms with E-state index in [1.165, 1.54) is 0 Å². The average molecular weight is 222 g/mol. The quantitative estimate of drug-likeness (QED) is 0.807. The Labute approximate surface area is 91.5 Å². The highest BCUT2D eigenvalue weighted by molar-refractivity contribution is 6.30. The largest absolute Gasteiger partial charge is 0.312 e. The molecular formula is C10H8ClN3O. The molecule has 2 rings (SSSR count). The summed E-state index contributed by atoms with van der Waals surface area (Å²) in [4.78, 5) is 10.2. The highest BCUT2D eigenvalue weighted by atomic mass is 35.5. The molecule has 0 aliphatic carbocycles. The second kappa shape index (κ2) is 4.14. The number of aromatic nitrogens is 2. The van der Waals surface area contributed by atoms with Gasteiger partial charge in [-0.1, -0.05) is 17.7 Å². The Morgan fingerprint density at radius 2 is 2.27 bits per heavy atom. The number of carbonyl (C=O) groups excluding carboxylic acids is 1. The van der Waals surface area contributed by atoms with Crippen molar-refractivity contribution in [1.29, 1.82) is 0 Å². The number of nitrogens with zero attached hydrogens (tertiary/aromatic N) is 2. The number of benzene rings is 1. The fourth-order valence-electron chi connectivity index (χ4n) is 1.22. The highest BCUT2D eigenvalue weighted by Crippen LogP contribution is 2.15. The van der Waals surface area contributed by atoms with Gasteiger partial charge in [-0.2, -0.15) is 5.10 Å². The average Bonchev–Trinajstić information content (AvgIpc) is 2.67. The van der Waals surface area contributed by atoms with E-state index in [1.54, 1.807) is 29.1 Å². The SMILES string of the molecule is O=CNc1ccn(-c2cccc(Cl)c2)n1. The molecule has 1 aromatic carbocycles. The monoisotopic (exact) mass is 221 g/mol. The van der Waals surface area contributed by atoms with Crippen molar-refractivity contribution in [3.8, 4) is 5.69 Å². The lowest BCUT2D eigenvalue weighted by molar-refractivity contribution is -0.105. The first-order chi connectivity index (χ1) is 7.29. The van der Waals surface area contributed by atoms with Gasteiger partial charge in [-0.05, 0) is 18.2 Å². The second-order valence-corrected chi connectivity index (χ2v) is 3.32. The van der Waals surface area contributed by atoms with Crippen molar-refractivity contribution in [2.24, 2.45) is 0 Å². The molecule has 0 unspecified atom stereocenters. The number of hydrogen-bond donors (Lipinski definition) is 1. The molecule has 0 fully saturated rings. The van der Waals surface area contributed by atoms with E-state index in [2.05, 4.69) is 10.4 Å². The predicted octanol–water partition coefficient (Wildman–Crippen LogP) is 2.09. The lowest BCUT2D eigenvalue weighted by Gasteiger charge is -2.00. The first-order valence-corrected chi connectivity index (χ1v) is 4.69. The summed E-state index contributed by atoms with van der Waals surface area (Å²) < 4.78 is 1.64. The van der Waals surface area contributed by atoms with Crippen LogP contribution in [0.4, 0.5) is 5.82 Å². The molecule has 0 aliphatic rings. The van der Waals surface area contributed by atoms with E-state index in [9.17, 15) is 4.79 Å². The maximum absolute atomic E-state index is 10.2. The van der Waals surface area contributed by atoms with E-state index >= 15 is 0 Å². The zero-order valence-electron chi connectivity index (χ0n) is 7.72. The Bertz CT molecular complexity index is 481. The van der Waals surface area contributed by atoms with Crippen LogP contribution in [0.15, 0.2) is 36.5 Å². The van der Waals surface area contributed by atoms with Gasteiger partial charge >= 0.3 is 0 Å². The maximum Gasteiger partial charge on any atom is 0.212 e. The van der Waals surface area contributed by atoms with Crippen molar-refractivity contribution in [3.05, 3.63) is 41.6 Å². The van der Waals surface area contributed by atoms with E-state index < -0.39 is 0 Å². The molecule has 76 valence electrons. The number of carbonyl (C=O) groups is 1. The summed E-state index contributed by atoms with van der Waals surface area (Å²) in [5.74, 6) is 0.505. The molecule has 2 aromatic rings. The molecule has 0 saturated carbocycles. The van der Waals surface area contributed by atoms with E-state index in [0.29, 0.717) is 17.3 Å². The van der Waals surface area contributed by atoms with Crippen LogP contribution in [0.3, 0.4) is 0 Å². The van der Waals surface area contributed by atoms with E-state index in [-0.39, 0.29) is 0 Å². The number of nitrogens with one attached hydrogen (secondary N) is 1. The summed E-state index contributed by atoms with van der Waals surface area (Å²) in [6.07, 6.45) is 2.34. The van der Waals surface area contributed by atoms with Crippen molar-refractivity contribution < 1.29 is 4.79 Å². The third-order valence-electron chi connectivity index (χ3n) is 1.87. The molecule has 1 aromatic heterocycles. The van der Waals surface area contributed by atoms with Crippen LogP contribution in [0.1, 0.15) is 0 Å². The third kappa shape index (κ3) is 2.16. The van der Waals surface area contributed by atoms with E-state index in [4.69, 9.17) is 11.6 Å². The summed E-state index contributed by atoms with van der Waals surface area (Å²) in [6, 6.07) is 9.00. The number of halogens is 1. The number of anilines is 1. The smallest absolute Gasteiger partial charge is 0.212 e. The fraction of sp³-hybridized carbons (Fsp3) is 0. The molecule has 0 spiro atoms. The molecule has 1 N–H and O–H groups in total. The summed E-state index contributed by atoms with van der Waals surface area (Å²) in [5, 5.41) is 7.24. The van der Waals surface area contributed by atoms with Gasteiger partial charge < -0.3 is 5.32 Å². The molecule has 5 heteroatoms. The van der Waals surface area contributed by atoms with Crippen molar-refractivity contribution >= 4 is 23.8 Å². The number of amides is 1. The first-order valence-electron chi connectivity index (χ1n) is 4.31. The Hall–Kier alpha value is -1.81. The Balaban J connectivity index is 2.32. The van der Waals surface area contributed by atoms with Crippen LogP contribution in [0.25, 0.3) is 5.69 Å². The van der Waals surface area contributed by atoms with Crippen molar-refractivity contribution in [3.63, 3.8) is 0 Å². The first kappa shape index (κ1) is 9.73. The van der Waals surface area contributed by atoms with Gasteiger partial charge in [-0.15, -0.1) is 0 Å². The van der Waals surface area contributed by atoms with Crippen LogP contribution in [0.5, 0.6) is 0 Å². The van der Waals surface area contributed by atoms with Gasteiger partial charge in [0.25, 0.3) is 0 Å². The molecule has 0 aliphatic heterocycles. The van der Waals surface area contributed by atoms with Crippen LogP contribution >= 0.6 is 11.6 Å². The van der Waals surface area contributed by atoms with Crippen LogP contribution in [-0.2, 0) is 4.79 Å². The zero-order chi connectivity index (χ0) is 10.7. The van der Waals surface area contributed by atoms with Gasteiger partial charge in [0.1, 0.15) is 0 Å². The van der Waals surface area contributed by atoms with Gasteiger partial charge in [-0.3, -0.25) is 4.79 Å². The summed E-state index contributed by atoms with van der Waals surface area (Å²) >= 11 is 5.85. The standard InChI is InChI=1S/C10H8ClN3O/c11-8-2-1-3-9(6-8)14-5-4-10(13-14)12-7-15/h1-7H,(H,12,13,15). The van der Waals surface area contributed by atoms with Gasteiger partial charge in [0.15, 0.2) is 5.82 Å². The molecule has 1 heterocycles. The molecule has 4 nitrogen and oxygen atoms in total. The van der Waals surface area contributed by atoms with Crippen LogP contribution in [0.2, 0.25) is 5.02 Å². The predicted molar refractivity (Wildman–Crippen MR) is 58.3 cm³/mol. The molecule has 0 atom stereocenters. The van der Waals surface area contributed by atoms with Gasteiger partial charge in [0, 0.05) is 17.3 Å². The number of rotatable bonds is 3. The third-order valence-corrected chi connectivity index (χ3v) is 2.10. The van der Waals surface area contributed by atoms with Crippen LogP contribution in [0, 0.1) is 0 Å². The lowest BCUT2D eigenvalue weighted by Crippen LogP contribution is -1.98. The normalized spacial score (nSPS) is 9.93. The van der Waals surface area contributed by atoms with Gasteiger partial charge in [-0.25, -0.2) is 4.68 Å². The van der Waals surface area contributed by atoms with Crippen molar-refractivity contribution in [2.75, 3.05) is 5.32 Å². The molecule has 1 amide bonds. The second-order valence-electron chi connectivity index (χ2n) is 2.89. The highest BCUT2D eigenvalue weighted by Gasteiger charge is 2.00. The molecular weight excluding hydrogens is 214 g/mol. The molecule has 0 bridgehead atoms.